The van der Waals surface area contributed by atoms with Gasteiger partial charge in [0.05, 0.1) is 5.75 Å². The molecule has 1 aromatic heterocycles. The van der Waals surface area contributed by atoms with Crippen molar-refractivity contribution in [3.63, 3.8) is 0 Å². The van der Waals surface area contributed by atoms with Gasteiger partial charge in [0, 0.05) is 19.6 Å². The number of rotatable bonds is 5. The first-order valence-electron chi connectivity index (χ1n) is 8.24. The molecular weight excluding hydrogens is 316 g/mol. The first kappa shape index (κ1) is 16.1. The maximum absolute atomic E-state index is 12.4. The average molecular weight is 341 g/mol. The molecular formula is C15H24N4OS2. The van der Waals surface area contributed by atoms with Crippen molar-refractivity contribution in [1.29, 1.82) is 0 Å². The number of thioether (sulfide) groups is 1. The number of hydrogen-bond acceptors (Lipinski definition) is 6. The Kier molecular flexibility index (Phi) is 5.57. The van der Waals surface area contributed by atoms with E-state index in [4.69, 9.17) is 0 Å². The first-order valence-corrected chi connectivity index (χ1v) is 10.0. The molecule has 1 aromatic rings. The predicted molar refractivity (Wildman–Crippen MR) is 91.4 cm³/mol. The van der Waals surface area contributed by atoms with Gasteiger partial charge in [0.15, 0.2) is 4.34 Å². The quantitative estimate of drug-likeness (QED) is 0.835. The van der Waals surface area contributed by atoms with Crippen LogP contribution in [0.4, 0.5) is 5.13 Å². The van der Waals surface area contributed by atoms with E-state index in [9.17, 15) is 4.79 Å². The number of carbonyl (C=O) groups excluding carboxylic acids is 1. The molecule has 1 N–H and O–H groups in total. The Morgan fingerprint density at radius 1 is 1.32 bits per heavy atom. The van der Waals surface area contributed by atoms with Gasteiger partial charge in [-0.05, 0) is 31.6 Å². The highest BCUT2D eigenvalue weighted by atomic mass is 32.2. The Balaban J connectivity index is 1.47. The molecule has 122 valence electrons. The molecule has 5 nitrogen and oxygen atoms in total. The second-order valence-electron chi connectivity index (χ2n) is 6.13. The standard InChI is InChI=1S/C15H24N4OS2/c1-2-16-14-17-18-15(22-14)21-10-13(20)19-8-7-11-5-3-4-6-12(11)9-19/h11-12H,2-10H2,1H3,(H,16,17)/t11-,12+/m0/s1. The lowest BCUT2D eigenvalue weighted by Gasteiger charge is -2.41. The third-order valence-corrected chi connectivity index (χ3v) is 6.70. The van der Waals surface area contributed by atoms with Gasteiger partial charge in [0.1, 0.15) is 0 Å². The molecule has 0 radical (unpaired) electrons. The number of hydrogen-bond donors (Lipinski definition) is 1. The minimum Gasteiger partial charge on any atom is -0.360 e. The van der Waals surface area contributed by atoms with Crippen molar-refractivity contribution < 1.29 is 4.79 Å². The minimum atomic E-state index is 0.259. The number of nitrogens with zero attached hydrogens (tertiary/aromatic N) is 3. The van der Waals surface area contributed by atoms with E-state index < -0.39 is 0 Å². The van der Waals surface area contributed by atoms with E-state index in [1.54, 1.807) is 0 Å². The number of amides is 1. The lowest BCUT2D eigenvalue weighted by molar-refractivity contribution is -0.131. The van der Waals surface area contributed by atoms with E-state index in [1.807, 2.05) is 6.92 Å². The van der Waals surface area contributed by atoms with Gasteiger partial charge in [0.2, 0.25) is 11.0 Å². The van der Waals surface area contributed by atoms with Crippen LogP contribution in [0.5, 0.6) is 0 Å². The largest absolute Gasteiger partial charge is 0.360 e. The van der Waals surface area contributed by atoms with E-state index in [1.165, 1.54) is 55.2 Å². The Hall–Kier alpha value is -0.820. The lowest BCUT2D eigenvalue weighted by Crippen LogP contribution is -2.45. The minimum absolute atomic E-state index is 0.259. The summed E-state index contributed by atoms with van der Waals surface area (Å²) < 4.78 is 0.872. The molecule has 2 aliphatic rings. The average Bonchev–Trinajstić information content (AvgIpc) is 3.00. The molecule has 1 saturated carbocycles. The van der Waals surface area contributed by atoms with E-state index in [2.05, 4.69) is 20.4 Å². The molecule has 1 aliphatic carbocycles. The van der Waals surface area contributed by atoms with Crippen molar-refractivity contribution >= 4 is 34.1 Å². The molecule has 0 bridgehead atoms. The summed E-state index contributed by atoms with van der Waals surface area (Å²) >= 11 is 3.04. The molecule has 7 heteroatoms. The summed E-state index contributed by atoms with van der Waals surface area (Å²) in [4.78, 5) is 14.5. The number of likely N-dealkylation sites (tertiary alicyclic amines) is 1. The van der Waals surface area contributed by atoms with E-state index in [0.29, 0.717) is 5.75 Å². The third-order valence-electron chi connectivity index (χ3n) is 4.70. The van der Waals surface area contributed by atoms with E-state index in [-0.39, 0.29) is 5.91 Å². The summed E-state index contributed by atoms with van der Waals surface area (Å²) in [5.74, 6) is 2.36. The lowest BCUT2D eigenvalue weighted by atomic mass is 9.75. The van der Waals surface area contributed by atoms with Gasteiger partial charge >= 0.3 is 0 Å². The highest BCUT2D eigenvalue weighted by Gasteiger charge is 2.32. The van der Waals surface area contributed by atoms with Gasteiger partial charge in [-0.3, -0.25) is 4.79 Å². The van der Waals surface area contributed by atoms with Gasteiger partial charge in [0.25, 0.3) is 0 Å². The zero-order chi connectivity index (χ0) is 15.4. The molecule has 2 atom stereocenters. The maximum atomic E-state index is 12.4. The third kappa shape index (κ3) is 3.93. The first-order chi connectivity index (χ1) is 10.8. The van der Waals surface area contributed by atoms with Crippen LogP contribution in [0.25, 0.3) is 0 Å². The van der Waals surface area contributed by atoms with Crippen LogP contribution in [0.1, 0.15) is 39.0 Å². The number of piperidine rings is 1. The Morgan fingerprint density at radius 3 is 2.95 bits per heavy atom. The SMILES string of the molecule is CCNc1nnc(SCC(=O)N2CC[C@@H]3CCCC[C@@H]3C2)s1. The summed E-state index contributed by atoms with van der Waals surface area (Å²) in [5.41, 5.74) is 0. The smallest absolute Gasteiger partial charge is 0.233 e. The van der Waals surface area contributed by atoms with Crippen molar-refractivity contribution in [2.45, 2.75) is 43.4 Å². The molecule has 2 fully saturated rings. The molecule has 1 aliphatic heterocycles. The summed E-state index contributed by atoms with van der Waals surface area (Å²) in [5, 5.41) is 12.2. The Labute approximate surface area is 140 Å². The highest BCUT2D eigenvalue weighted by Crippen LogP contribution is 2.36. The number of nitrogens with one attached hydrogen (secondary N) is 1. The Bertz CT molecular complexity index is 507. The van der Waals surface area contributed by atoms with Crippen molar-refractivity contribution in [3.05, 3.63) is 0 Å². The predicted octanol–water partition coefficient (Wildman–Crippen LogP) is 3.10. The van der Waals surface area contributed by atoms with Gasteiger partial charge in [-0.2, -0.15) is 0 Å². The van der Waals surface area contributed by atoms with Crippen LogP contribution in [-0.2, 0) is 4.79 Å². The topological polar surface area (TPSA) is 58.1 Å². The number of anilines is 1. The zero-order valence-electron chi connectivity index (χ0n) is 13.1. The van der Waals surface area contributed by atoms with Crippen LogP contribution in [0.15, 0.2) is 4.34 Å². The molecule has 3 rings (SSSR count). The van der Waals surface area contributed by atoms with Crippen molar-refractivity contribution in [2.75, 3.05) is 30.7 Å². The van der Waals surface area contributed by atoms with Gasteiger partial charge in [-0.15, -0.1) is 10.2 Å². The summed E-state index contributed by atoms with van der Waals surface area (Å²) in [6.45, 7) is 4.79. The number of aromatic nitrogens is 2. The normalized spacial score (nSPS) is 24.9. The summed E-state index contributed by atoms with van der Waals surface area (Å²) in [6.07, 6.45) is 6.61. The second kappa shape index (κ2) is 7.64. The van der Waals surface area contributed by atoms with Gasteiger partial charge < -0.3 is 10.2 Å². The summed E-state index contributed by atoms with van der Waals surface area (Å²) in [7, 11) is 0. The number of fused-ring (bicyclic) bond motifs is 1. The van der Waals surface area contributed by atoms with Crippen molar-refractivity contribution in [1.82, 2.24) is 15.1 Å². The fourth-order valence-corrected chi connectivity index (χ4v) is 5.26. The molecule has 1 amide bonds. The van der Waals surface area contributed by atoms with Crippen LogP contribution in [0, 0.1) is 11.8 Å². The second-order valence-corrected chi connectivity index (χ2v) is 8.33. The van der Waals surface area contributed by atoms with Crippen LogP contribution >= 0.6 is 23.1 Å². The zero-order valence-corrected chi connectivity index (χ0v) is 14.7. The molecule has 2 heterocycles. The van der Waals surface area contributed by atoms with E-state index >= 15 is 0 Å². The molecule has 0 spiro atoms. The molecule has 0 unspecified atom stereocenters. The fraction of sp³-hybridized carbons (Fsp3) is 0.800. The van der Waals surface area contributed by atoms with E-state index in [0.717, 1.165) is 40.9 Å². The number of carbonyl (C=O) groups is 1. The van der Waals surface area contributed by atoms with Crippen molar-refractivity contribution in [2.24, 2.45) is 11.8 Å². The Morgan fingerprint density at radius 2 is 2.14 bits per heavy atom. The monoisotopic (exact) mass is 340 g/mol. The van der Waals surface area contributed by atoms with Crippen molar-refractivity contribution in [3.8, 4) is 0 Å². The molecule has 22 heavy (non-hydrogen) atoms. The van der Waals surface area contributed by atoms with Crippen LogP contribution in [0.2, 0.25) is 0 Å². The molecule has 0 aromatic carbocycles. The van der Waals surface area contributed by atoms with Crippen LogP contribution < -0.4 is 5.32 Å². The van der Waals surface area contributed by atoms with Gasteiger partial charge in [-0.1, -0.05) is 42.4 Å². The van der Waals surface area contributed by atoms with Crippen LogP contribution in [0.3, 0.4) is 0 Å². The maximum Gasteiger partial charge on any atom is 0.233 e. The molecule has 1 saturated heterocycles. The highest BCUT2D eigenvalue weighted by molar-refractivity contribution is 8.01. The fourth-order valence-electron chi connectivity index (χ4n) is 3.53. The van der Waals surface area contributed by atoms with Crippen LogP contribution in [-0.4, -0.2) is 46.4 Å². The van der Waals surface area contributed by atoms with Gasteiger partial charge in [-0.25, -0.2) is 0 Å². The summed E-state index contributed by atoms with van der Waals surface area (Å²) in [6, 6.07) is 0.